The SMILES string of the molecule is CCCCc1nc2ccc(OC3CCN(C(=O)OC(C)(C)C)CC3)cc2n1C(=O)OC(C)(C)C. The van der Waals surface area contributed by atoms with Crippen molar-refractivity contribution < 1.29 is 23.8 Å². The Labute approximate surface area is 202 Å². The monoisotopic (exact) mass is 473 g/mol. The van der Waals surface area contributed by atoms with Gasteiger partial charge in [0.25, 0.3) is 0 Å². The van der Waals surface area contributed by atoms with Crippen molar-refractivity contribution in [3.8, 4) is 5.75 Å². The van der Waals surface area contributed by atoms with Crippen LogP contribution in [-0.4, -0.2) is 57.0 Å². The number of hydrogen-bond donors (Lipinski definition) is 0. The molecule has 1 aromatic heterocycles. The third kappa shape index (κ3) is 6.87. The van der Waals surface area contributed by atoms with E-state index in [1.54, 1.807) is 9.47 Å². The molecule has 8 heteroatoms. The number of aromatic nitrogens is 2. The van der Waals surface area contributed by atoms with Gasteiger partial charge in [0, 0.05) is 38.4 Å². The van der Waals surface area contributed by atoms with Crippen molar-refractivity contribution in [2.24, 2.45) is 0 Å². The van der Waals surface area contributed by atoms with E-state index in [4.69, 9.17) is 19.2 Å². The summed E-state index contributed by atoms with van der Waals surface area (Å²) in [6.45, 7) is 14.4. The molecule has 188 valence electrons. The molecule has 1 aromatic carbocycles. The minimum Gasteiger partial charge on any atom is -0.490 e. The zero-order valence-corrected chi connectivity index (χ0v) is 21.6. The van der Waals surface area contributed by atoms with E-state index in [9.17, 15) is 9.59 Å². The summed E-state index contributed by atoms with van der Waals surface area (Å²) in [7, 11) is 0. The normalized spacial score (nSPS) is 15.4. The van der Waals surface area contributed by atoms with E-state index in [-0.39, 0.29) is 12.2 Å². The highest BCUT2D eigenvalue weighted by Crippen LogP contribution is 2.27. The predicted octanol–water partition coefficient (Wildman–Crippen LogP) is 5.94. The van der Waals surface area contributed by atoms with E-state index in [1.807, 2.05) is 59.7 Å². The van der Waals surface area contributed by atoms with Crippen LogP contribution in [0.5, 0.6) is 5.75 Å². The van der Waals surface area contributed by atoms with Gasteiger partial charge in [-0.25, -0.2) is 19.1 Å². The Kier molecular flexibility index (Phi) is 7.78. The molecule has 8 nitrogen and oxygen atoms in total. The maximum absolute atomic E-state index is 13.0. The van der Waals surface area contributed by atoms with Crippen molar-refractivity contribution >= 4 is 23.2 Å². The summed E-state index contributed by atoms with van der Waals surface area (Å²) in [5.74, 6) is 1.38. The van der Waals surface area contributed by atoms with Crippen LogP contribution in [0.3, 0.4) is 0 Å². The number of ether oxygens (including phenoxy) is 3. The van der Waals surface area contributed by atoms with Crippen molar-refractivity contribution in [2.45, 2.75) is 97.9 Å². The molecule has 0 N–H and O–H groups in total. The number of benzene rings is 1. The molecule has 1 aliphatic rings. The summed E-state index contributed by atoms with van der Waals surface area (Å²) in [6, 6.07) is 5.64. The third-order valence-electron chi connectivity index (χ3n) is 5.42. The second kappa shape index (κ2) is 10.2. The minimum atomic E-state index is -0.605. The van der Waals surface area contributed by atoms with Crippen molar-refractivity contribution in [3.05, 3.63) is 24.0 Å². The zero-order valence-electron chi connectivity index (χ0n) is 21.6. The number of amides is 1. The van der Waals surface area contributed by atoms with Crippen molar-refractivity contribution in [1.29, 1.82) is 0 Å². The van der Waals surface area contributed by atoms with Gasteiger partial charge in [0.2, 0.25) is 0 Å². The molecule has 1 amide bonds. The van der Waals surface area contributed by atoms with Crippen LogP contribution < -0.4 is 4.74 Å². The number of unbranched alkanes of at least 4 members (excludes halogenated alkanes) is 1. The predicted molar refractivity (Wildman–Crippen MR) is 131 cm³/mol. The van der Waals surface area contributed by atoms with Gasteiger partial charge in [-0.1, -0.05) is 13.3 Å². The molecule has 1 aliphatic heterocycles. The van der Waals surface area contributed by atoms with Gasteiger partial charge in [0.15, 0.2) is 0 Å². The molecule has 0 bridgehead atoms. The maximum atomic E-state index is 13.0. The molecule has 2 aromatic rings. The second-order valence-corrected chi connectivity index (χ2v) is 10.9. The Bertz CT molecular complexity index is 1010. The Morgan fingerprint density at radius 3 is 2.21 bits per heavy atom. The number of fused-ring (bicyclic) bond motifs is 1. The number of imidazole rings is 1. The molecular formula is C26H39N3O5. The third-order valence-corrected chi connectivity index (χ3v) is 5.42. The van der Waals surface area contributed by atoms with E-state index in [1.165, 1.54) is 0 Å². The molecule has 34 heavy (non-hydrogen) atoms. The molecule has 2 heterocycles. The van der Waals surface area contributed by atoms with Crippen LogP contribution in [0.1, 0.15) is 80.0 Å². The summed E-state index contributed by atoms with van der Waals surface area (Å²) in [5.41, 5.74) is 0.312. The second-order valence-electron chi connectivity index (χ2n) is 10.9. The fraction of sp³-hybridized carbons (Fsp3) is 0.654. The summed E-state index contributed by atoms with van der Waals surface area (Å²) in [4.78, 5) is 31.8. The lowest BCUT2D eigenvalue weighted by Gasteiger charge is -2.33. The lowest BCUT2D eigenvalue weighted by atomic mass is 10.1. The van der Waals surface area contributed by atoms with E-state index >= 15 is 0 Å². The number of aryl methyl sites for hydroxylation is 1. The quantitative estimate of drug-likeness (QED) is 0.534. The molecular weight excluding hydrogens is 434 g/mol. The van der Waals surface area contributed by atoms with Gasteiger partial charge in [-0.3, -0.25) is 0 Å². The van der Waals surface area contributed by atoms with Crippen LogP contribution in [0.4, 0.5) is 9.59 Å². The van der Waals surface area contributed by atoms with Gasteiger partial charge in [-0.15, -0.1) is 0 Å². The highest BCUT2D eigenvalue weighted by molar-refractivity contribution is 5.88. The average molecular weight is 474 g/mol. The van der Waals surface area contributed by atoms with Gasteiger partial charge in [-0.05, 0) is 60.1 Å². The lowest BCUT2D eigenvalue weighted by molar-refractivity contribution is 0.0126. The minimum absolute atomic E-state index is 0.0198. The van der Waals surface area contributed by atoms with Crippen LogP contribution in [0.15, 0.2) is 18.2 Å². The Morgan fingerprint density at radius 2 is 1.62 bits per heavy atom. The molecule has 0 aliphatic carbocycles. The average Bonchev–Trinajstić information content (AvgIpc) is 3.08. The summed E-state index contributed by atoms with van der Waals surface area (Å²) < 4.78 is 19.0. The van der Waals surface area contributed by atoms with Gasteiger partial charge >= 0.3 is 12.2 Å². The first-order valence-electron chi connectivity index (χ1n) is 12.3. The van der Waals surface area contributed by atoms with Gasteiger partial charge in [0.1, 0.15) is 28.9 Å². The Balaban J connectivity index is 1.75. The molecule has 0 saturated carbocycles. The number of nitrogens with zero attached hydrogens (tertiary/aromatic N) is 3. The molecule has 3 rings (SSSR count). The number of rotatable bonds is 5. The number of carbonyl (C=O) groups excluding carboxylic acids is 2. The number of piperidine rings is 1. The van der Waals surface area contributed by atoms with E-state index in [0.717, 1.165) is 18.4 Å². The smallest absolute Gasteiger partial charge is 0.420 e. The Hall–Kier alpha value is -2.77. The highest BCUT2D eigenvalue weighted by Gasteiger charge is 2.28. The van der Waals surface area contributed by atoms with Crippen molar-refractivity contribution in [3.63, 3.8) is 0 Å². The van der Waals surface area contributed by atoms with Crippen LogP contribution in [0.25, 0.3) is 11.0 Å². The fourth-order valence-electron chi connectivity index (χ4n) is 3.87. The largest absolute Gasteiger partial charge is 0.490 e. The lowest BCUT2D eigenvalue weighted by Crippen LogP contribution is -2.44. The molecule has 1 fully saturated rings. The first-order chi connectivity index (χ1) is 15.9. The molecule has 1 saturated heterocycles. The number of hydrogen-bond acceptors (Lipinski definition) is 6. The molecule has 0 atom stereocenters. The summed E-state index contributed by atoms with van der Waals surface area (Å²) >= 11 is 0. The van der Waals surface area contributed by atoms with E-state index in [0.29, 0.717) is 49.4 Å². The van der Waals surface area contributed by atoms with E-state index in [2.05, 4.69) is 6.92 Å². The topological polar surface area (TPSA) is 82.9 Å². The number of likely N-dealkylation sites (tertiary alicyclic amines) is 1. The van der Waals surface area contributed by atoms with Crippen molar-refractivity contribution in [1.82, 2.24) is 14.5 Å². The Morgan fingerprint density at radius 1 is 1.00 bits per heavy atom. The molecule has 0 unspecified atom stereocenters. The first kappa shape index (κ1) is 25.8. The zero-order chi connectivity index (χ0) is 25.1. The maximum Gasteiger partial charge on any atom is 0.420 e. The van der Waals surface area contributed by atoms with Crippen LogP contribution in [0.2, 0.25) is 0 Å². The highest BCUT2D eigenvalue weighted by atomic mass is 16.6. The number of carbonyl (C=O) groups is 2. The first-order valence-corrected chi connectivity index (χ1v) is 12.3. The van der Waals surface area contributed by atoms with Crippen molar-refractivity contribution in [2.75, 3.05) is 13.1 Å². The van der Waals surface area contributed by atoms with Crippen LogP contribution >= 0.6 is 0 Å². The molecule has 0 radical (unpaired) electrons. The standard InChI is InChI=1S/C26H39N3O5/c1-8-9-10-22-27-20-12-11-19(17-21(20)29(22)24(31)34-26(5,6)7)32-18-13-15-28(16-14-18)23(30)33-25(2,3)4/h11-12,17-18H,8-10,13-16H2,1-7H3. The van der Waals surface area contributed by atoms with E-state index < -0.39 is 17.3 Å². The van der Waals surface area contributed by atoms with Gasteiger partial charge in [-0.2, -0.15) is 0 Å². The van der Waals surface area contributed by atoms with Gasteiger partial charge in [0.05, 0.1) is 11.0 Å². The van der Waals surface area contributed by atoms with Crippen LogP contribution in [0, 0.1) is 0 Å². The molecule has 0 spiro atoms. The van der Waals surface area contributed by atoms with Crippen LogP contribution in [-0.2, 0) is 15.9 Å². The fourth-order valence-corrected chi connectivity index (χ4v) is 3.87. The summed E-state index contributed by atoms with van der Waals surface area (Å²) in [6.07, 6.45) is 3.34. The van der Waals surface area contributed by atoms with Gasteiger partial charge < -0.3 is 19.1 Å². The summed E-state index contributed by atoms with van der Waals surface area (Å²) in [5, 5.41) is 0.